The second kappa shape index (κ2) is 12.2. The second-order valence-electron chi connectivity index (χ2n) is 8.82. The molecule has 1 amide bonds. The fourth-order valence-electron chi connectivity index (χ4n) is 4.51. The summed E-state index contributed by atoms with van der Waals surface area (Å²) in [5.74, 6) is 0.330. The van der Waals surface area contributed by atoms with Gasteiger partial charge in [-0.3, -0.25) is 14.7 Å². The highest BCUT2D eigenvalue weighted by Crippen LogP contribution is 2.37. The van der Waals surface area contributed by atoms with Crippen LogP contribution in [0.15, 0.2) is 54.6 Å². The Morgan fingerprint density at radius 3 is 2.64 bits per heavy atom. The number of benzene rings is 2. The van der Waals surface area contributed by atoms with Crippen LogP contribution in [0.1, 0.15) is 44.4 Å². The predicted molar refractivity (Wildman–Crippen MR) is 145 cm³/mol. The number of hydrogen-bond acceptors (Lipinski definition) is 6. The minimum Gasteiger partial charge on any atom is -0.492 e. The van der Waals surface area contributed by atoms with Crippen molar-refractivity contribution in [2.24, 2.45) is 0 Å². The van der Waals surface area contributed by atoms with Gasteiger partial charge in [0.2, 0.25) is 5.91 Å². The molecule has 3 aromatic rings. The van der Waals surface area contributed by atoms with Crippen molar-refractivity contribution in [3.05, 3.63) is 65.9 Å². The number of aryl methyl sites for hydroxylation is 1. The number of piperidine rings is 1. The van der Waals surface area contributed by atoms with E-state index in [2.05, 4.69) is 21.6 Å². The summed E-state index contributed by atoms with van der Waals surface area (Å²) in [6, 6.07) is 15.7. The first-order valence-corrected chi connectivity index (χ1v) is 12.7. The number of nitrogens with one attached hydrogen (secondary N) is 2. The van der Waals surface area contributed by atoms with E-state index in [9.17, 15) is 10.1 Å². The quantitative estimate of drug-likeness (QED) is 0.374. The van der Waals surface area contributed by atoms with E-state index in [4.69, 9.17) is 9.72 Å². The third-order valence-corrected chi connectivity index (χ3v) is 6.29. The van der Waals surface area contributed by atoms with Gasteiger partial charge in [-0.2, -0.15) is 5.26 Å². The van der Waals surface area contributed by atoms with Gasteiger partial charge in [0.1, 0.15) is 11.8 Å². The molecule has 2 aromatic carbocycles. The summed E-state index contributed by atoms with van der Waals surface area (Å²) < 4.78 is 5.86. The lowest BCUT2D eigenvalue weighted by atomic mass is 10.0. The summed E-state index contributed by atoms with van der Waals surface area (Å²) in [5, 5.41) is 17.1. The number of amides is 1. The highest BCUT2D eigenvalue weighted by Gasteiger charge is 2.18. The number of nitriles is 1. The zero-order valence-electron chi connectivity index (χ0n) is 21.0. The Balaban J connectivity index is 1.69. The zero-order valence-corrected chi connectivity index (χ0v) is 21.0. The summed E-state index contributed by atoms with van der Waals surface area (Å²) in [7, 11) is 0. The van der Waals surface area contributed by atoms with Gasteiger partial charge in [0.25, 0.3) is 0 Å². The number of hydrogen-bond donors (Lipinski definition) is 2. The standard InChI is InChI=1S/C29H33N5O2/c1-3-24-23(20-30)29(31-21-12-7-5-8-13-21)22-18-26(27(36-4-2)19-25(22)32-24)33-28(35)14-11-17-34-15-9-6-10-16-34/h5,7-8,11-14,18-19H,3-4,6,9-10,15-17H2,1-2H3,(H,31,32)(H,33,35)/b14-11+. The van der Waals surface area contributed by atoms with E-state index in [1.54, 1.807) is 6.08 Å². The number of nitrogens with zero attached hydrogens (tertiary/aromatic N) is 3. The van der Waals surface area contributed by atoms with E-state index in [0.717, 1.165) is 30.7 Å². The summed E-state index contributed by atoms with van der Waals surface area (Å²) >= 11 is 0. The van der Waals surface area contributed by atoms with Gasteiger partial charge < -0.3 is 15.4 Å². The van der Waals surface area contributed by atoms with E-state index >= 15 is 0 Å². The molecule has 0 atom stereocenters. The average molecular weight is 484 g/mol. The molecule has 186 valence electrons. The molecule has 0 saturated carbocycles. The van der Waals surface area contributed by atoms with Crippen LogP contribution >= 0.6 is 0 Å². The van der Waals surface area contributed by atoms with Crippen molar-refractivity contribution in [2.75, 3.05) is 36.9 Å². The molecule has 1 saturated heterocycles. The molecular formula is C29H33N5O2. The van der Waals surface area contributed by atoms with Crippen molar-refractivity contribution in [3.63, 3.8) is 0 Å². The molecular weight excluding hydrogens is 450 g/mol. The lowest BCUT2D eigenvalue weighted by Crippen LogP contribution is -2.29. The molecule has 0 bridgehead atoms. The van der Waals surface area contributed by atoms with Crippen molar-refractivity contribution in [3.8, 4) is 11.8 Å². The minimum absolute atomic E-state index is 0.219. The maximum absolute atomic E-state index is 12.8. The Morgan fingerprint density at radius 1 is 1.17 bits per heavy atom. The van der Waals surface area contributed by atoms with Crippen molar-refractivity contribution in [1.29, 1.82) is 5.26 Å². The van der Waals surface area contributed by atoms with Crippen LogP contribution in [0.5, 0.6) is 5.75 Å². The number of ether oxygens (including phenoxy) is 1. The van der Waals surface area contributed by atoms with Gasteiger partial charge in [-0.05, 0) is 57.5 Å². The fraction of sp³-hybridized carbons (Fsp3) is 0.345. The average Bonchev–Trinajstić information content (AvgIpc) is 2.90. The lowest BCUT2D eigenvalue weighted by molar-refractivity contribution is -0.111. The van der Waals surface area contributed by atoms with Crippen molar-refractivity contribution >= 4 is 33.9 Å². The summed E-state index contributed by atoms with van der Waals surface area (Å²) in [6.07, 6.45) is 7.82. The third kappa shape index (κ3) is 6.02. The molecule has 0 radical (unpaired) electrons. The van der Waals surface area contributed by atoms with Gasteiger partial charge in [0.05, 0.1) is 34.8 Å². The van der Waals surface area contributed by atoms with Crippen LogP contribution in [0.2, 0.25) is 0 Å². The maximum Gasteiger partial charge on any atom is 0.248 e. The normalized spacial score (nSPS) is 14.0. The molecule has 2 heterocycles. The molecule has 0 aliphatic carbocycles. The fourth-order valence-corrected chi connectivity index (χ4v) is 4.51. The number of rotatable bonds is 9. The van der Waals surface area contributed by atoms with Crippen LogP contribution < -0.4 is 15.4 Å². The van der Waals surface area contributed by atoms with E-state index in [-0.39, 0.29) is 5.91 Å². The first-order chi connectivity index (χ1) is 17.6. The Morgan fingerprint density at radius 2 is 1.94 bits per heavy atom. The first kappa shape index (κ1) is 25.2. The number of anilines is 3. The van der Waals surface area contributed by atoms with Crippen LogP contribution in [0.4, 0.5) is 17.1 Å². The molecule has 2 N–H and O–H groups in total. The minimum atomic E-state index is -0.219. The van der Waals surface area contributed by atoms with Crippen molar-refractivity contribution in [2.45, 2.75) is 39.5 Å². The SMILES string of the molecule is CCOc1cc2nc(CC)c(C#N)c(Nc3ccccc3)c2cc1NC(=O)/C=C/CN1CCCCC1. The van der Waals surface area contributed by atoms with Gasteiger partial charge in [0, 0.05) is 29.8 Å². The number of carbonyl (C=O) groups excluding carboxylic acids is 1. The molecule has 1 aliphatic heterocycles. The van der Waals surface area contributed by atoms with Crippen molar-refractivity contribution in [1.82, 2.24) is 9.88 Å². The molecule has 0 unspecified atom stereocenters. The second-order valence-corrected chi connectivity index (χ2v) is 8.82. The zero-order chi connectivity index (χ0) is 25.3. The topological polar surface area (TPSA) is 90.3 Å². The lowest BCUT2D eigenvalue weighted by Gasteiger charge is -2.24. The monoisotopic (exact) mass is 483 g/mol. The van der Waals surface area contributed by atoms with E-state index < -0.39 is 0 Å². The molecule has 1 aliphatic rings. The molecule has 1 aromatic heterocycles. The van der Waals surface area contributed by atoms with Crippen LogP contribution in [-0.2, 0) is 11.2 Å². The van der Waals surface area contributed by atoms with Crippen LogP contribution in [0, 0.1) is 11.3 Å². The molecule has 0 spiro atoms. The van der Waals surface area contributed by atoms with Crippen LogP contribution in [0.25, 0.3) is 10.9 Å². The molecule has 36 heavy (non-hydrogen) atoms. The Hall–Kier alpha value is -3.89. The molecule has 7 heteroatoms. The number of pyridine rings is 1. The first-order valence-electron chi connectivity index (χ1n) is 12.7. The number of aromatic nitrogens is 1. The Kier molecular flexibility index (Phi) is 8.53. The van der Waals surface area contributed by atoms with Gasteiger partial charge in [-0.15, -0.1) is 0 Å². The maximum atomic E-state index is 12.8. The Bertz CT molecular complexity index is 1270. The third-order valence-electron chi connectivity index (χ3n) is 6.29. The van der Waals surface area contributed by atoms with Crippen LogP contribution in [-0.4, -0.2) is 42.0 Å². The number of fused-ring (bicyclic) bond motifs is 1. The van der Waals surface area contributed by atoms with Gasteiger partial charge >= 0.3 is 0 Å². The number of para-hydroxylation sites is 1. The predicted octanol–water partition coefficient (Wildman–Crippen LogP) is 5.79. The van der Waals surface area contributed by atoms with Gasteiger partial charge in [-0.25, -0.2) is 0 Å². The molecule has 1 fully saturated rings. The molecule has 7 nitrogen and oxygen atoms in total. The highest BCUT2D eigenvalue weighted by molar-refractivity contribution is 6.05. The summed E-state index contributed by atoms with van der Waals surface area (Å²) in [5.41, 5.74) is 3.99. The number of carbonyl (C=O) groups is 1. The largest absolute Gasteiger partial charge is 0.492 e. The molecule has 4 rings (SSSR count). The van der Waals surface area contributed by atoms with E-state index in [0.29, 0.717) is 46.9 Å². The summed E-state index contributed by atoms with van der Waals surface area (Å²) in [4.78, 5) is 19.9. The van der Waals surface area contributed by atoms with Gasteiger partial charge in [-0.1, -0.05) is 37.6 Å². The van der Waals surface area contributed by atoms with Crippen molar-refractivity contribution < 1.29 is 9.53 Å². The Labute approximate surface area is 212 Å². The summed E-state index contributed by atoms with van der Waals surface area (Å²) in [6.45, 7) is 7.26. The van der Waals surface area contributed by atoms with Crippen LogP contribution in [0.3, 0.4) is 0 Å². The smallest absolute Gasteiger partial charge is 0.248 e. The number of likely N-dealkylation sites (tertiary alicyclic amines) is 1. The highest BCUT2D eigenvalue weighted by atomic mass is 16.5. The van der Waals surface area contributed by atoms with Gasteiger partial charge in [0.15, 0.2) is 0 Å². The van der Waals surface area contributed by atoms with E-state index in [1.165, 1.54) is 19.3 Å². The van der Waals surface area contributed by atoms with E-state index in [1.807, 2.05) is 62.4 Å².